The molecule has 1 amide bonds. The van der Waals surface area contributed by atoms with E-state index in [9.17, 15) is 4.79 Å². The second kappa shape index (κ2) is 10.3. The maximum atomic E-state index is 12.8. The minimum absolute atomic E-state index is 0.249. The predicted octanol–water partition coefficient (Wildman–Crippen LogP) is 3.79. The van der Waals surface area contributed by atoms with E-state index in [1.165, 1.54) is 20.5 Å². The molecule has 0 fully saturated rings. The zero-order valence-corrected chi connectivity index (χ0v) is 18.4. The average molecular weight is 444 g/mol. The van der Waals surface area contributed by atoms with Crippen LogP contribution in [0.5, 0.6) is 17.2 Å². The van der Waals surface area contributed by atoms with Gasteiger partial charge in [-0.25, -0.2) is 9.67 Å². The highest BCUT2D eigenvalue weighted by Crippen LogP contribution is 2.39. The van der Waals surface area contributed by atoms with Crippen molar-refractivity contribution in [3.05, 3.63) is 96.1 Å². The van der Waals surface area contributed by atoms with Crippen molar-refractivity contribution in [2.45, 2.75) is 13.2 Å². The Balaban J connectivity index is 1.44. The lowest BCUT2D eigenvalue weighted by atomic mass is 10.1. The van der Waals surface area contributed by atoms with Crippen LogP contribution in [0.3, 0.4) is 0 Å². The average Bonchev–Trinajstić information content (AvgIpc) is 3.41. The minimum Gasteiger partial charge on any atom is -0.493 e. The zero-order valence-electron chi connectivity index (χ0n) is 18.4. The molecule has 0 aliphatic heterocycles. The third-order valence-electron chi connectivity index (χ3n) is 5.02. The summed E-state index contributed by atoms with van der Waals surface area (Å²) in [5.74, 6) is 1.05. The Bertz CT molecular complexity index is 1170. The molecule has 0 bridgehead atoms. The third kappa shape index (κ3) is 5.30. The van der Waals surface area contributed by atoms with Gasteiger partial charge < -0.3 is 19.5 Å². The molecule has 0 radical (unpaired) electrons. The Morgan fingerprint density at radius 2 is 1.64 bits per heavy atom. The minimum atomic E-state index is -0.249. The molecule has 33 heavy (non-hydrogen) atoms. The van der Waals surface area contributed by atoms with Crippen molar-refractivity contribution in [1.29, 1.82) is 0 Å². The number of carbonyl (C=O) groups excluding carboxylic acids is 1. The molecule has 8 heteroatoms. The molecule has 0 saturated heterocycles. The van der Waals surface area contributed by atoms with Crippen molar-refractivity contribution >= 4 is 5.91 Å². The second-order valence-electron chi connectivity index (χ2n) is 7.17. The second-order valence-corrected chi connectivity index (χ2v) is 7.17. The van der Waals surface area contributed by atoms with E-state index in [2.05, 4.69) is 15.4 Å². The number of nitrogens with one attached hydrogen (secondary N) is 1. The van der Waals surface area contributed by atoms with Crippen LogP contribution in [0.25, 0.3) is 5.69 Å². The van der Waals surface area contributed by atoms with Gasteiger partial charge in [0.2, 0.25) is 5.75 Å². The van der Waals surface area contributed by atoms with Gasteiger partial charge in [-0.15, -0.1) is 0 Å². The third-order valence-corrected chi connectivity index (χ3v) is 5.02. The maximum Gasteiger partial charge on any atom is 0.251 e. The van der Waals surface area contributed by atoms with Crippen LogP contribution in [0, 0.1) is 0 Å². The Labute approximate surface area is 191 Å². The van der Waals surface area contributed by atoms with Gasteiger partial charge in [0.15, 0.2) is 11.5 Å². The standard InChI is InChI=1S/C25H24N4O4/c1-31-22-12-20(13-23(32-2)24(22)33-15-19-6-4-3-5-7-19)25(30)27-14-18-8-10-21(11-9-18)29-17-26-16-28-29/h3-13,16-17H,14-15H2,1-2H3,(H,27,30). The van der Waals surface area contributed by atoms with Gasteiger partial charge in [0.05, 0.1) is 19.9 Å². The van der Waals surface area contributed by atoms with E-state index in [4.69, 9.17) is 14.2 Å². The van der Waals surface area contributed by atoms with Crippen molar-refractivity contribution < 1.29 is 19.0 Å². The van der Waals surface area contributed by atoms with Crippen molar-refractivity contribution in [3.8, 4) is 22.9 Å². The molecule has 1 aromatic heterocycles. The van der Waals surface area contributed by atoms with Crippen molar-refractivity contribution in [2.24, 2.45) is 0 Å². The molecule has 0 aliphatic carbocycles. The first-order valence-electron chi connectivity index (χ1n) is 10.3. The van der Waals surface area contributed by atoms with Crippen LogP contribution in [-0.2, 0) is 13.2 Å². The first kappa shape index (κ1) is 21.9. The number of carbonyl (C=O) groups is 1. The molecule has 0 aliphatic rings. The van der Waals surface area contributed by atoms with Gasteiger partial charge in [0.25, 0.3) is 5.91 Å². The fourth-order valence-corrected chi connectivity index (χ4v) is 3.28. The summed E-state index contributed by atoms with van der Waals surface area (Å²) in [6, 6.07) is 20.8. The number of amides is 1. The molecule has 0 unspecified atom stereocenters. The van der Waals surface area contributed by atoms with E-state index in [-0.39, 0.29) is 5.91 Å². The topological polar surface area (TPSA) is 87.5 Å². The summed E-state index contributed by atoms with van der Waals surface area (Å²) in [6.07, 6.45) is 3.11. The van der Waals surface area contributed by atoms with E-state index in [1.807, 2.05) is 54.6 Å². The van der Waals surface area contributed by atoms with Crippen molar-refractivity contribution in [3.63, 3.8) is 0 Å². The van der Waals surface area contributed by atoms with E-state index in [0.717, 1.165) is 16.8 Å². The first-order valence-corrected chi connectivity index (χ1v) is 10.3. The number of rotatable bonds is 9. The molecule has 4 aromatic rings. The molecule has 0 spiro atoms. The van der Waals surface area contributed by atoms with Gasteiger partial charge in [-0.1, -0.05) is 42.5 Å². The summed E-state index contributed by atoms with van der Waals surface area (Å²) >= 11 is 0. The van der Waals surface area contributed by atoms with E-state index in [1.54, 1.807) is 23.1 Å². The van der Waals surface area contributed by atoms with Crippen LogP contribution >= 0.6 is 0 Å². The molecule has 0 saturated carbocycles. The molecule has 1 heterocycles. The predicted molar refractivity (Wildman–Crippen MR) is 123 cm³/mol. The molecule has 0 atom stereocenters. The summed E-state index contributed by atoms with van der Waals surface area (Å²) in [7, 11) is 3.06. The van der Waals surface area contributed by atoms with Crippen molar-refractivity contribution in [1.82, 2.24) is 20.1 Å². The summed E-state index contributed by atoms with van der Waals surface area (Å²) in [4.78, 5) is 16.8. The number of hydrogen-bond donors (Lipinski definition) is 1. The number of aromatic nitrogens is 3. The Hall–Kier alpha value is -4.33. The quantitative estimate of drug-likeness (QED) is 0.423. The van der Waals surface area contributed by atoms with Crippen molar-refractivity contribution in [2.75, 3.05) is 14.2 Å². The van der Waals surface area contributed by atoms with Gasteiger partial charge in [-0.05, 0) is 35.4 Å². The van der Waals surface area contributed by atoms with Gasteiger partial charge in [0.1, 0.15) is 19.3 Å². The van der Waals surface area contributed by atoms with Crippen LogP contribution < -0.4 is 19.5 Å². The highest BCUT2D eigenvalue weighted by Gasteiger charge is 2.18. The molecular formula is C25H24N4O4. The fraction of sp³-hybridized carbons (Fsp3) is 0.160. The first-order chi connectivity index (χ1) is 16.2. The highest BCUT2D eigenvalue weighted by molar-refractivity contribution is 5.95. The number of benzene rings is 3. The SMILES string of the molecule is COc1cc(C(=O)NCc2ccc(-n3cncn3)cc2)cc(OC)c1OCc1ccccc1. The number of hydrogen-bond acceptors (Lipinski definition) is 6. The summed E-state index contributed by atoms with van der Waals surface area (Å²) in [6.45, 7) is 0.719. The molecule has 1 N–H and O–H groups in total. The van der Waals surface area contributed by atoms with Gasteiger partial charge in [-0.3, -0.25) is 4.79 Å². The maximum absolute atomic E-state index is 12.8. The lowest BCUT2D eigenvalue weighted by molar-refractivity contribution is 0.0950. The Morgan fingerprint density at radius 1 is 0.939 bits per heavy atom. The van der Waals surface area contributed by atoms with E-state index >= 15 is 0 Å². The fourth-order valence-electron chi connectivity index (χ4n) is 3.28. The molecule has 8 nitrogen and oxygen atoms in total. The summed E-state index contributed by atoms with van der Waals surface area (Å²) in [5.41, 5.74) is 3.27. The number of methoxy groups -OCH3 is 2. The van der Waals surface area contributed by atoms with Gasteiger partial charge in [-0.2, -0.15) is 5.10 Å². The monoisotopic (exact) mass is 444 g/mol. The van der Waals surface area contributed by atoms with Crippen LogP contribution in [0.2, 0.25) is 0 Å². The summed E-state index contributed by atoms with van der Waals surface area (Å²) < 4.78 is 18.6. The number of nitrogens with zero attached hydrogens (tertiary/aromatic N) is 3. The lowest BCUT2D eigenvalue weighted by Crippen LogP contribution is -2.23. The normalized spacial score (nSPS) is 10.5. The smallest absolute Gasteiger partial charge is 0.251 e. The van der Waals surface area contributed by atoms with Crippen LogP contribution in [-0.4, -0.2) is 34.9 Å². The molecular weight excluding hydrogens is 420 g/mol. The van der Waals surface area contributed by atoms with Crippen LogP contribution in [0.15, 0.2) is 79.4 Å². The zero-order chi connectivity index (χ0) is 23.0. The van der Waals surface area contributed by atoms with E-state index in [0.29, 0.717) is 36.0 Å². The molecule has 168 valence electrons. The Kier molecular flexibility index (Phi) is 6.84. The summed E-state index contributed by atoms with van der Waals surface area (Å²) in [5, 5.41) is 7.03. The molecule has 3 aromatic carbocycles. The van der Waals surface area contributed by atoms with Gasteiger partial charge >= 0.3 is 0 Å². The Morgan fingerprint density at radius 3 is 2.24 bits per heavy atom. The van der Waals surface area contributed by atoms with Crippen LogP contribution in [0.4, 0.5) is 0 Å². The lowest BCUT2D eigenvalue weighted by Gasteiger charge is -2.16. The molecule has 4 rings (SSSR count). The number of ether oxygens (including phenoxy) is 3. The van der Waals surface area contributed by atoms with Crippen LogP contribution in [0.1, 0.15) is 21.5 Å². The van der Waals surface area contributed by atoms with E-state index < -0.39 is 0 Å². The van der Waals surface area contributed by atoms with Gasteiger partial charge in [0, 0.05) is 12.1 Å². The largest absolute Gasteiger partial charge is 0.493 e. The highest BCUT2D eigenvalue weighted by atomic mass is 16.5.